The van der Waals surface area contributed by atoms with Crippen molar-refractivity contribution in [3.63, 3.8) is 0 Å². The molecule has 0 radical (unpaired) electrons. The van der Waals surface area contributed by atoms with Crippen molar-refractivity contribution in [3.8, 4) is 0 Å². The highest BCUT2D eigenvalue weighted by molar-refractivity contribution is 5.95. The highest BCUT2D eigenvalue weighted by Crippen LogP contribution is 2.29. The van der Waals surface area contributed by atoms with Crippen LogP contribution in [0.25, 0.3) is 0 Å². The van der Waals surface area contributed by atoms with Gasteiger partial charge in [-0.05, 0) is 24.8 Å². The van der Waals surface area contributed by atoms with E-state index in [4.69, 9.17) is 4.74 Å². The van der Waals surface area contributed by atoms with Gasteiger partial charge in [0.15, 0.2) is 5.43 Å². The monoisotopic (exact) mass is 451 g/mol. The van der Waals surface area contributed by atoms with Crippen LogP contribution < -0.4 is 5.43 Å². The number of carbonyl (C=O) groups is 1. The minimum atomic E-state index is -0.133. The number of piperazine rings is 1. The number of aryl methyl sites for hydroxylation is 1. The van der Waals surface area contributed by atoms with Crippen LogP contribution in [-0.4, -0.2) is 60.2 Å². The molecule has 2 aliphatic rings. The van der Waals surface area contributed by atoms with E-state index in [-0.39, 0.29) is 11.3 Å². The molecule has 0 N–H and O–H groups in total. The molecule has 1 aromatic heterocycles. The lowest BCUT2D eigenvalue weighted by atomic mass is 9.96. The number of benzene rings is 1. The van der Waals surface area contributed by atoms with Crippen LogP contribution in [0.3, 0.4) is 0 Å². The smallest absolute Gasteiger partial charge is 0.259 e. The van der Waals surface area contributed by atoms with E-state index >= 15 is 0 Å². The average Bonchev–Trinajstić information content (AvgIpc) is 3.33. The number of aromatic nitrogens is 1. The van der Waals surface area contributed by atoms with Crippen molar-refractivity contribution in [2.75, 3.05) is 39.9 Å². The fourth-order valence-electron chi connectivity index (χ4n) is 5.36. The zero-order valence-corrected chi connectivity index (χ0v) is 20.1. The standard InChI is InChI=1S/C27H37N3O3/c1-21-18-25(31)26(24(30(21)16-17-33-2)19-22-8-6-7-9-22)27(32)29-14-12-28(13-15-29)20-23-10-4-3-5-11-23/h3-5,10-11,18,22H,6-9,12-17,19-20H2,1-2H3. The van der Waals surface area contributed by atoms with Crippen LogP contribution in [0.1, 0.15) is 53.0 Å². The predicted molar refractivity (Wildman–Crippen MR) is 131 cm³/mol. The Morgan fingerprint density at radius 1 is 1.06 bits per heavy atom. The number of methoxy groups -OCH3 is 1. The van der Waals surface area contributed by atoms with Gasteiger partial charge in [-0.1, -0.05) is 56.0 Å². The summed E-state index contributed by atoms with van der Waals surface area (Å²) in [4.78, 5) is 31.1. The summed E-state index contributed by atoms with van der Waals surface area (Å²) in [5.41, 5.74) is 3.37. The van der Waals surface area contributed by atoms with Crippen molar-refractivity contribution in [1.82, 2.24) is 14.4 Å². The molecule has 1 aliphatic carbocycles. The van der Waals surface area contributed by atoms with E-state index in [2.05, 4.69) is 33.7 Å². The molecule has 2 heterocycles. The summed E-state index contributed by atoms with van der Waals surface area (Å²) < 4.78 is 7.49. The molecule has 1 amide bonds. The maximum atomic E-state index is 13.7. The molecule has 1 aromatic carbocycles. The van der Waals surface area contributed by atoms with Gasteiger partial charge >= 0.3 is 0 Å². The number of pyridine rings is 1. The van der Waals surface area contributed by atoms with Crippen molar-refractivity contribution in [3.05, 3.63) is 69.1 Å². The maximum absolute atomic E-state index is 13.7. The third kappa shape index (κ3) is 5.74. The van der Waals surface area contributed by atoms with Gasteiger partial charge in [0.1, 0.15) is 5.56 Å². The van der Waals surface area contributed by atoms with E-state index in [0.29, 0.717) is 37.7 Å². The Hall–Kier alpha value is -2.44. The molecule has 1 saturated heterocycles. The highest BCUT2D eigenvalue weighted by Gasteiger charge is 2.29. The molecule has 6 heteroatoms. The number of ether oxygens (including phenoxy) is 1. The van der Waals surface area contributed by atoms with Crippen LogP contribution in [0.2, 0.25) is 0 Å². The van der Waals surface area contributed by atoms with Gasteiger partial charge in [-0.15, -0.1) is 0 Å². The van der Waals surface area contributed by atoms with E-state index in [1.807, 2.05) is 17.9 Å². The molecule has 178 valence electrons. The summed E-state index contributed by atoms with van der Waals surface area (Å²) in [6.07, 6.45) is 5.64. The van der Waals surface area contributed by atoms with Crippen LogP contribution in [0.15, 0.2) is 41.2 Å². The first-order chi connectivity index (χ1) is 16.1. The summed E-state index contributed by atoms with van der Waals surface area (Å²) in [6, 6.07) is 12.1. The molecular formula is C27H37N3O3. The van der Waals surface area contributed by atoms with Gasteiger partial charge in [0.25, 0.3) is 5.91 Å². The van der Waals surface area contributed by atoms with Gasteiger partial charge in [0.05, 0.1) is 6.61 Å². The second-order valence-electron chi connectivity index (χ2n) is 9.52. The lowest BCUT2D eigenvalue weighted by Crippen LogP contribution is -2.49. The molecule has 2 fully saturated rings. The fraction of sp³-hybridized carbons (Fsp3) is 0.556. The van der Waals surface area contributed by atoms with Crippen molar-refractivity contribution in [2.24, 2.45) is 5.92 Å². The fourth-order valence-corrected chi connectivity index (χ4v) is 5.36. The van der Waals surface area contributed by atoms with Gasteiger partial charge in [0, 0.05) is 63.8 Å². The molecule has 2 aromatic rings. The van der Waals surface area contributed by atoms with Crippen LogP contribution >= 0.6 is 0 Å². The Bertz CT molecular complexity index is 988. The van der Waals surface area contributed by atoms with Gasteiger partial charge in [-0.2, -0.15) is 0 Å². The van der Waals surface area contributed by atoms with Crippen molar-refractivity contribution in [2.45, 2.75) is 52.1 Å². The van der Waals surface area contributed by atoms with Crippen LogP contribution in [0.4, 0.5) is 0 Å². The van der Waals surface area contributed by atoms with Crippen LogP contribution in [0.5, 0.6) is 0 Å². The van der Waals surface area contributed by atoms with E-state index < -0.39 is 0 Å². The molecule has 33 heavy (non-hydrogen) atoms. The number of hydrogen-bond donors (Lipinski definition) is 0. The number of rotatable bonds is 8. The Balaban J connectivity index is 1.54. The molecule has 1 aliphatic heterocycles. The summed E-state index contributed by atoms with van der Waals surface area (Å²) in [6.45, 7) is 7.03. The zero-order valence-electron chi connectivity index (χ0n) is 20.1. The quantitative estimate of drug-likeness (QED) is 0.617. The van der Waals surface area contributed by atoms with Gasteiger partial charge in [-0.3, -0.25) is 14.5 Å². The lowest BCUT2D eigenvalue weighted by molar-refractivity contribution is 0.0624. The molecule has 0 spiro atoms. The Morgan fingerprint density at radius 2 is 1.76 bits per heavy atom. The molecule has 0 bridgehead atoms. The maximum Gasteiger partial charge on any atom is 0.259 e. The van der Waals surface area contributed by atoms with Crippen LogP contribution in [-0.2, 0) is 24.2 Å². The minimum Gasteiger partial charge on any atom is -0.383 e. The molecule has 6 nitrogen and oxygen atoms in total. The number of nitrogens with zero attached hydrogens (tertiary/aromatic N) is 3. The topological polar surface area (TPSA) is 54.8 Å². The first-order valence-electron chi connectivity index (χ1n) is 12.3. The zero-order chi connectivity index (χ0) is 23.2. The summed E-state index contributed by atoms with van der Waals surface area (Å²) in [5, 5.41) is 0. The van der Waals surface area contributed by atoms with Gasteiger partial charge < -0.3 is 14.2 Å². The van der Waals surface area contributed by atoms with Crippen molar-refractivity contribution < 1.29 is 9.53 Å². The predicted octanol–water partition coefficient (Wildman–Crippen LogP) is 3.49. The molecule has 4 rings (SSSR count). The summed E-state index contributed by atoms with van der Waals surface area (Å²) in [5.74, 6) is 0.452. The van der Waals surface area contributed by atoms with E-state index in [1.165, 1.54) is 31.2 Å². The normalized spacial score (nSPS) is 17.6. The second kappa shape index (κ2) is 11.1. The van der Waals surface area contributed by atoms with E-state index in [9.17, 15) is 9.59 Å². The van der Waals surface area contributed by atoms with Crippen LogP contribution in [0, 0.1) is 12.8 Å². The molecule has 0 atom stereocenters. The average molecular weight is 452 g/mol. The summed E-state index contributed by atoms with van der Waals surface area (Å²) in [7, 11) is 1.69. The third-order valence-electron chi connectivity index (χ3n) is 7.22. The third-order valence-corrected chi connectivity index (χ3v) is 7.22. The number of carbonyl (C=O) groups excluding carboxylic acids is 1. The Morgan fingerprint density at radius 3 is 2.42 bits per heavy atom. The first-order valence-corrected chi connectivity index (χ1v) is 12.3. The van der Waals surface area contributed by atoms with Crippen molar-refractivity contribution >= 4 is 5.91 Å². The SMILES string of the molecule is COCCn1c(C)cc(=O)c(C(=O)N2CCN(Cc3ccccc3)CC2)c1CC1CCCC1. The first kappa shape index (κ1) is 23.7. The Kier molecular flexibility index (Phi) is 7.99. The molecule has 1 saturated carbocycles. The molecular weight excluding hydrogens is 414 g/mol. The second-order valence-corrected chi connectivity index (χ2v) is 9.52. The van der Waals surface area contributed by atoms with Crippen molar-refractivity contribution in [1.29, 1.82) is 0 Å². The van der Waals surface area contributed by atoms with E-state index in [1.54, 1.807) is 13.2 Å². The van der Waals surface area contributed by atoms with Gasteiger partial charge in [-0.25, -0.2) is 0 Å². The number of hydrogen-bond acceptors (Lipinski definition) is 4. The summed E-state index contributed by atoms with van der Waals surface area (Å²) >= 11 is 0. The lowest BCUT2D eigenvalue weighted by Gasteiger charge is -2.35. The molecule has 0 unspecified atom stereocenters. The minimum absolute atomic E-state index is 0.0986. The van der Waals surface area contributed by atoms with E-state index in [0.717, 1.165) is 37.4 Å². The Labute approximate surface area is 197 Å². The number of amides is 1. The van der Waals surface area contributed by atoms with Gasteiger partial charge in [0.2, 0.25) is 0 Å². The largest absolute Gasteiger partial charge is 0.383 e. The highest BCUT2D eigenvalue weighted by atomic mass is 16.5.